The van der Waals surface area contributed by atoms with Crippen LogP contribution in [0.5, 0.6) is 0 Å². The fourth-order valence-corrected chi connectivity index (χ4v) is 1.41. The zero-order valence-corrected chi connectivity index (χ0v) is 11.5. The molecule has 0 radical (unpaired) electrons. The van der Waals surface area contributed by atoms with E-state index in [1.165, 1.54) is 13.2 Å². The lowest BCUT2D eigenvalue weighted by atomic mass is 10.1. The maximum atomic E-state index is 11.6. The lowest BCUT2D eigenvalue weighted by Gasteiger charge is -2.06. The molecule has 0 unspecified atom stereocenters. The summed E-state index contributed by atoms with van der Waals surface area (Å²) in [5, 5.41) is 8.96. The van der Waals surface area contributed by atoms with Gasteiger partial charge in [-0.3, -0.25) is 0 Å². The number of nitrogens with zero attached hydrogens (tertiary/aromatic N) is 1. The molecule has 0 heterocycles. The Morgan fingerprint density at radius 1 is 1.25 bits per heavy atom. The predicted octanol–water partition coefficient (Wildman–Crippen LogP) is 2.33. The van der Waals surface area contributed by atoms with Gasteiger partial charge in [-0.1, -0.05) is 12.1 Å². The molecular formula is C15H15NO4. The highest BCUT2D eigenvalue weighted by Gasteiger charge is 2.12. The van der Waals surface area contributed by atoms with Crippen LogP contribution in [-0.2, 0) is 14.3 Å². The number of hydrogen-bond acceptors (Lipinski definition) is 5. The Hall–Kier alpha value is -2.61. The number of benzene rings is 1. The Morgan fingerprint density at radius 3 is 2.30 bits per heavy atom. The van der Waals surface area contributed by atoms with Gasteiger partial charge in [0.2, 0.25) is 0 Å². The quantitative estimate of drug-likeness (QED) is 0.478. The van der Waals surface area contributed by atoms with Crippen molar-refractivity contribution in [2.75, 3.05) is 7.11 Å². The first-order valence-corrected chi connectivity index (χ1v) is 5.99. The Morgan fingerprint density at radius 2 is 1.85 bits per heavy atom. The highest BCUT2D eigenvalue weighted by molar-refractivity contribution is 5.98. The first-order chi connectivity index (χ1) is 9.47. The second-order valence-corrected chi connectivity index (χ2v) is 4.24. The van der Waals surface area contributed by atoms with Gasteiger partial charge in [0.1, 0.15) is 11.6 Å². The van der Waals surface area contributed by atoms with Crippen molar-refractivity contribution in [3.63, 3.8) is 0 Å². The van der Waals surface area contributed by atoms with E-state index in [2.05, 4.69) is 4.74 Å². The fraction of sp³-hybridized carbons (Fsp3) is 0.267. The van der Waals surface area contributed by atoms with Gasteiger partial charge >= 0.3 is 11.9 Å². The van der Waals surface area contributed by atoms with Crippen LogP contribution in [0.1, 0.15) is 29.8 Å². The standard InChI is InChI=1S/C15H15NO4/c1-10(2)20-15(18)13(9-16)8-11-4-6-12(7-5-11)14(17)19-3/h4-8,10H,1-3H3/b13-8+. The number of carbonyl (C=O) groups is 2. The summed E-state index contributed by atoms with van der Waals surface area (Å²) in [5.74, 6) is -1.11. The van der Waals surface area contributed by atoms with Gasteiger partial charge in [0, 0.05) is 0 Å². The Kier molecular flexibility index (Phi) is 5.48. The molecule has 0 spiro atoms. The minimum Gasteiger partial charge on any atom is -0.465 e. The van der Waals surface area contributed by atoms with Crippen molar-refractivity contribution in [1.82, 2.24) is 0 Å². The summed E-state index contributed by atoms with van der Waals surface area (Å²) < 4.78 is 9.53. The Labute approximate surface area is 117 Å². The van der Waals surface area contributed by atoms with Crippen LogP contribution in [-0.4, -0.2) is 25.2 Å². The highest BCUT2D eigenvalue weighted by Crippen LogP contribution is 2.11. The molecule has 104 valence electrons. The molecule has 0 saturated carbocycles. The highest BCUT2D eigenvalue weighted by atomic mass is 16.5. The van der Waals surface area contributed by atoms with Crippen molar-refractivity contribution >= 4 is 18.0 Å². The molecule has 0 aromatic heterocycles. The van der Waals surface area contributed by atoms with Crippen molar-refractivity contribution in [2.24, 2.45) is 0 Å². The molecule has 0 N–H and O–H groups in total. The van der Waals surface area contributed by atoms with Crippen LogP contribution < -0.4 is 0 Å². The minimum absolute atomic E-state index is 0.0930. The molecule has 0 aliphatic carbocycles. The zero-order valence-electron chi connectivity index (χ0n) is 11.5. The largest absolute Gasteiger partial charge is 0.465 e. The van der Waals surface area contributed by atoms with Crippen LogP contribution >= 0.6 is 0 Å². The van der Waals surface area contributed by atoms with E-state index < -0.39 is 11.9 Å². The third kappa shape index (κ3) is 4.25. The molecule has 0 aliphatic heterocycles. The van der Waals surface area contributed by atoms with E-state index >= 15 is 0 Å². The normalized spacial score (nSPS) is 10.8. The van der Waals surface area contributed by atoms with E-state index in [0.29, 0.717) is 11.1 Å². The third-order valence-electron chi connectivity index (χ3n) is 2.33. The predicted molar refractivity (Wildman–Crippen MR) is 72.6 cm³/mol. The summed E-state index contributed by atoms with van der Waals surface area (Å²) in [6.45, 7) is 3.41. The van der Waals surface area contributed by atoms with Gasteiger partial charge in [-0.15, -0.1) is 0 Å². The third-order valence-corrected chi connectivity index (χ3v) is 2.33. The van der Waals surface area contributed by atoms with Crippen molar-refractivity contribution < 1.29 is 19.1 Å². The molecule has 1 aromatic rings. The van der Waals surface area contributed by atoms with E-state index in [-0.39, 0.29) is 11.7 Å². The van der Waals surface area contributed by atoms with Crippen LogP contribution in [0.4, 0.5) is 0 Å². The lowest BCUT2D eigenvalue weighted by molar-refractivity contribution is -0.142. The molecule has 20 heavy (non-hydrogen) atoms. The van der Waals surface area contributed by atoms with E-state index in [4.69, 9.17) is 10.00 Å². The van der Waals surface area contributed by atoms with E-state index in [1.54, 1.807) is 44.2 Å². The average Bonchev–Trinajstić information content (AvgIpc) is 2.43. The molecule has 5 heteroatoms. The number of methoxy groups -OCH3 is 1. The molecule has 0 aliphatic rings. The minimum atomic E-state index is -0.667. The molecule has 0 bridgehead atoms. The summed E-state index contributed by atoms with van der Waals surface area (Å²) in [6.07, 6.45) is 1.12. The monoisotopic (exact) mass is 273 g/mol. The van der Waals surface area contributed by atoms with Crippen LogP contribution in [0, 0.1) is 11.3 Å². The average molecular weight is 273 g/mol. The van der Waals surface area contributed by atoms with Gasteiger partial charge in [0.15, 0.2) is 0 Å². The summed E-state index contributed by atoms with van der Waals surface area (Å²) in [6, 6.07) is 8.15. The number of esters is 2. The molecule has 0 amide bonds. The van der Waals surface area contributed by atoms with Crippen LogP contribution in [0.2, 0.25) is 0 Å². The first-order valence-electron chi connectivity index (χ1n) is 5.99. The van der Waals surface area contributed by atoms with Gasteiger partial charge in [0.25, 0.3) is 0 Å². The number of hydrogen-bond donors (Lipinski definition) is 0. The van der Waals surface area contributed by atoms with E-state index in [9.17, 15) is 9.59 Å². The number of ether oxygens (including phenoxy) is 2. The number of nitriles is 1. The van der Waals surface area contributed by atoms with Gasteiger partial charge in [-0.25, -0.2) is 9.59 Å². The summed E-state index contributed by atoms with van der Waals surface area (Å²) >= 11 is 0. The molecule has 1 rings (SSSR count). The van der Waals surface area contributed by atoms with Crippen LogP contribution in [0.3, 0.4) is 0 Å². The van der Waals surface area contributed by atoms with Gasteiger partial charge < -0.3 is 9.47 Å². The smallest absolute Gasteiger partial charge is 0.349 e. The summed E-state index contributed by atoms with van der Waals surface area (Å²) in [7, 11) is 1.30. The number of rotatable bonds is 4. The molecule has 0 atom stereocenters. The number of carbonyl (C=O) groups excluding carboxylic acids is 2. The summed E-state index contributed by atoms with van der Waals surface area (Å²) in [5.41, 5.74) is 0.923. The first kappa shape index (κ1) is 15.4. The van der Waals surface area contributed by atoms with Crippen LogP contribution in [0.15, 0.2) is 29.8 Å². The SMILES string of the molecule is COC(=O)c1ccc(/C=C(\C#N)C(=O)OC(C)C)cc1. The lowest BCUT2D eigenvalue weighted by Crippen LogP contribution is -2.12. The van der Waals surface area contributed by atoms with E-state index in [1.807, 2.05) is 0 Å². The van der Waals surface area contributed by atoms with E-state index in [0.717, 1.165) is 0 Å². The zero-order chi connectivity index (χ0) is 15.1. The van der Waals surface area contributed by atoms with Crippen molar-refractivity contribution in [1.29, 1.82) is 5.26 Å². The van der Waals surface area contributed by atoms with Gasteiger partial charge in [0.05, 0.1) is 18.8 Å². The Bertz CT molecular complexity index is 565. The molecule has 5 nitrogen and oxygen atoms in total. The topological polar surface area (TPSA) is 76.4 Å². The van der Waals surface area contributed by atoms with Crippen molar-refractivity contribution in [3.05, 3.63) is 41.0 Å². The van der Waals surface area contributed by atoms with Gasteiger partial charge in [-0.05, 0) is 37.6 Å². The maximum absolute atomic E-state index is 11.6. The fourth-order valence-electron chi connectivity index (χ4n) is 1.41. The van der Waals surface area contributed by atoms with Gasteiger partial charge in [-0.2, -0.15) is 5.26 Å². The second-order valence-electron chi connectivity index (χ2n) is 4.24. The van der Waals surface area contributed by atoms with Crippen LogP contribution in [0.25, 0.3) is 6.08 Å². The van der Waals surface area contributed by atoms with Crippen molar-refractivity contribution in [3.8, 4) is 6.07 Å². The molecule has 1 aromatic carbocycles. The molecule has 0 fully saturated rings. The molecule has 0 saturated heterocycles. The molecular weight excluding hydrogens is 258 g/mol. The van der Waals surface area contributed by atoms with Crippen molar-refractivity contribution in [2.45, 2.75) is 20.0 Å². The second kappa shape index (κ2) is 7.10. The maximum Gasteiger partial charge on any atom is 0.349 e. The summed E-state index contributed by atoms with van der Waals surface area (Å²) in [4.78, 5) is 22.9. The Balaban J connectivity index is 2.94.